The number of benzene rings is 1. The topological polar surface area (TPSA) is 35.2 Å². The highest BCUT2D eigenvalue weighted by Gasteiger charge is 2.44. The molecule has 0 amide bonds. The fraction of sp³-hybridized carbons (Fsp3) is 0.538. The first-order chi connectivity index (χ1) is 8.54. The quantitative estimate of drug-likeness (QED) is 0.846. The van der Waals surface area contributed by atoms with Crippen molar-refractivity contribution in [1.29, 1.82) is 0 Å². The largest absolute Gasteiger partial charge is 0.461 e. The van der Waals surface area contributed by atoms with E-state index in [1.54, 1.807) is 6.07 Å². The van der Waals surface area contributed by atoms with Gasteiger partial charge in [-0.05, 0) is 23.1 Å². The first-order valence-corrected chi connectivity index (χ1v) is 5.74. The molecule has 0 saturated carbocycles. The third-order valence-electron chi connectivity index (χ3n) is 2.66. The van der Waals surface area contributed by atoms with Gasteiger partial charge in [0.15, 0.2) is 0 Å². The lowest BCUT2D eigenvalue weighted by atomic mass is 9.83. The van der Waals surface area contributed by atoms with Crippen LogP contribution in [0.3, 0.4) is 0 Å². The summed E-state index contributed by atoms with van der Waals surface area (Å²) in [6.07, 6.45) is -8.39. The van der Waals surface area contributed by atoms with Crippen molar-refractivity contribution in [3.05, 3.63) is 29.8 Å². The molecular formula is C13H17F4NO. The van der Waals surface area contributed by atoms with E-state index in [2.05, 4.69) is 4.74 Å². The van der Waals surface area contributed by atoms with Crippen molar-refractivity contribution in [2.45, 2.75) is 39.3 Å². The van der Waals surface area contributed by atoms with E-state index in [1.165, 1.54) is 18.2 Å². The molecule has 0 heterocycles. The summed E-state index contributed by atoms with van der Waals surface area (Å²) in [6, 6.07) is 5.11. The average molecular weight is 279 g/mol. The standard InChI is InChI=1S/C13H17F4NO/c1-12(2,3)10(18)8-5-4-6-9(7-8)19-13(16,17)11(14)15/h4-7,10-11H,18H2,1-3H3/t10-/m1/s1. The Balaban J connectivity index is 2.96. The number of halogens is 4. The Labute approximate surface area is 109 Å². The molecule has 2 N–H and O–H groups in total. The third-order valence-corrected chi connectivity index (χ3v) is 2.66. The van der Waals surface area contributed by atoms with Crippen LogP contribution in [0.15, 0.2) is 24.3 Å². The maximum atomic E-state index is 12.8. The van der Waals surface area contributed by atoms with Crippen LogP contribution >= 0.6 is 0 Å². The minimum atomic E-state index is -4.51. The molecule has 108 valence electrons. The summed E-state index contributed by atoms with van der Waals surface area (Å²) in [5, 5.41) is 0. The van der Waals surface area contributed by atoms with E-state index in [1.807, 2.05) is 20.8 Å². The van der Waals surface area contributed by atoms with Crippen LogP contribution in [-0.4, -0.2) is 12.5 Å². The van der Waals surface area contributed by atoms with Gasteiger partial charge < -0.3 is 10.5 Å². The van der Waals surface area contributed by atoms with Gasteiger partial charge in [-0.1, -0.05) is 32.9 Å². The fourth-order valence-corrected chi connectivity index (χ4v) is 1.47. The van der Waals surface area contributed by atoms with Gasteiger partial charge in [-0.3, -0.25) is 0 Å². The highest BCUT2D eigenvalue weighted by atomic mass is 19.3. The lowest BCUT2D eigenvalue weighted by Gasteiger charge is -2.28. The first-order valence-electron chi connectivity index (χ1n) is 5.74. The molecule has 0 unspecified atom stereocenters. The molecule has 1 atom stereocenters. The first kappa shape index (κ1) is 15.8. The Kier molecular flexibility index (Phi) is 4.45. The molecule has 0 spiro atoms. The van der Waals surface area contributed by atoms with Gasteiger partial charge in [0.1, 0.15) is 5.75 Å². The molecule has 0 radical (unpaired) electrons. The fourth-order valence-electron chi connectivity index (χ4n) is 1.47. The van der Waals surface area contributed by atoms with Crippen LogP contribution in [-0.2, 0) is 0 Å². The molecule has 0 aliphatic heterocycles. The van der Waals surface area contributed by atoms with Gasteiger partial charge in [0.05, 0.1) is 0 Å². The third kappa shape index (κ3) is 4.09. The van der Waals surface area contributed by atoms with E-state index in [0.717, 1.165) is 0 Å². The molecule has 0 fully saturated rings. The van der Waals surface area contributed by atoms with Gasteiger partial charge in [0.2, 0.25) is 0 Å². The second kappa shape index (κ2) is 5.36. The number of ether oxygens (including phenoxy) is 1. The van der Waals surface area contributed by atoms with E-state index in [0.29, 0.717) is 5.56 Å². The molecular weight excluding hydrogens is 262 g/mol. The molecule has 0 aromatic heterocycles. The second-order valence-electron chi connectivity index (χ2n) is 5.38. The Morgan fingerprint density at radius 2 is 1.74 bits per heavy atom. The highest BCUT2D eigenvalue weighted by molar-refractivity contribution is 5.31. The van der Waals surface area contributed by atoms with Crippen molar-refractivity contribution < 1.29 is 22.3 Å². The summed E-state index contributed by atoms with van der Waals surface area (Å²) in [7, 11) is 0. The van der Waals surface area contributed by atoms with Crippen molar-refractivity contribution in [2.24, 2.45) is 11.1 Å². The van der Waals surface area contributed by atoms with Gasteiger partial charge in [-0.2, -0.15) is 17.6 Å². The summed E-state index contributed by atoms with van der Waals surface area (Å²) in [5.74, 6) is -0.331. The van der Waals surface area contributed by atoms with Crippen LogP contribution < -0.4 is 10.5 Å². The monoisotopic (exact) mass is 279 g/mol. The summed E-state index contributed by atoms with van der Waals surface area (Å²) in [5.41, 5.74) is 6.24. The van der Waals surface area contributed by atoms with Gasteiger partial charge in [-0.25, -0.2) is 0 Å². The zero-order valence-corrected chi connectivity index (χ0v) is 11.0. The van der Waals surface area contributed by atoms with Crippen LogP contribution in [0.1, 0.15) is 32.4 Å². The van der Waals surface area contributed by atoms with Crippen molar-refractivity contribution in [2.75, 3.05) is 0 Å². The lowest BCUT2D eigenvalue weighted by Crippen LogP contribution is -2.33. The maximum absolute atomic E-state index is 12.8. The smallest absolute Gasteiger partial charge is 0.428 e. The minimum absolute atomic E-state index is 0.288. The van der Waals surface area contributed by atoms with Crippen molar-refractivity contribution >= 4 is 0 Å². The predicted molar refractivity (Wildman–Crippen MR) is 64.4 cm³/mol. The van der Waals surface area contributed by atoms with Crippen LogP contribution in [0.2, 0.25) is 0 Å². The zero-order chi connectivity index (χ0) is 14.8. The van der Waals surface area contributed by atoms with Gasteiger partial charge in [0.25, 0.3) is 0 Å². The number of rotatable bonds is 4. The molecule has 0 bridgehead atoms. The van der Waals surface area contributed by atoms with Crippen LogP contribution in [0.4, 0.5) is 17.6 Å². The zero-order valence-electron chi connectivity index (χ0n) is 11.0. The van der Waals surface area contributed by atoms with Crippen molar-refractivity contribution in [1.82, 2.24) is 0 Å². The number of alkyl halides is 4. The molecule has 0 saturated heterocycles. The van der Waals surface area contributed by atoms with Crippen LogP contribution in [0.25, 0.3) is 0 Å². The molecule has 19 heavy (non-hydrogen) atoms. The lowest BCUT2D eigenvalue weighted by molar-refractivity contribution is -0.253. The summed E-state index contributed by atoms with van der Waals surface area (Å²) in [6.45, 7) is 5.66. The van der Waals surface area contributed by atoms with E-state index >= 15 is 0 Å². The normalized spacial score (nSPS) is 14.6. The van der Waals surface area contributed by atoms with Crippen molar-refractivity contribution in [3.63, 3.8) is 0 Å². The SMILES string of the molecule is CC(C)(C)[C@H](N)c1cccc(OC(F)(F)C(F)F)c1. The van der Waals surface area contributed by atoms with Gasteiger partial charge in [0, 0.05) is 6.04 Å². The molecule has 1 aromatic carbocycles. The van der Waals surface area contributed by atoms with E-state index in [4.69, 9.17) is 5.73 Å². The van der Waals surface area contributed by atoms with Gasteiger partial charge >= 0.3 is 12.5 Å². The van der Waals surface area contributed by atoms with E-state index < -0.39 is 18.6 Å². The van der Waals surface area contributed by atoms with Crippen LogP contribution in [0.5, 0.6) is 5.75 Å². The number of nitrogens with two attached hydrogens (primary N) is 1. The summed E-state index contributed by atoms with van der Waals surface area (Å²) < 4.78 is 53.7. The van der Waals surface area contributed by atoms with Crippen molar-refractivity contribution in [3.8, 4) is 5.75 Å². The second-order valence-corrected chi connectivity index (χ2v) is 5.38. The Morgan fingerprint density at radius 1 is 1.16 bits per heavy atom. The maximum Gasteiger partial charge on any atom is 0.461 e. The number of hydrogen-bond acceptors (Lipinski definition) is 2. The van der Waals surface area contributed by atoms with Gasteiger partial charge in [-0.15, -0.1) is 0 Å². The summed E-state index contributed by atoms with van der Waals surface area (Å²) >= 11 is 0. The summed E-state index contributed by atoms with van der Waals surface area (Å²) in [4.78, 5) is 0. The molecule has 1 rings (SSSR count). The molecule has 0 aliphatic carbocycles. The van der Waals surface area contributed by atoms with Crippen LogP contribution in [0, 0.1) is 5.41 Å². The average Bonchev–Trinajstić information content (AvgIpc) is 2.26. The molecule has 2 nitrogen and oxygen atoms in total. The molecule has 6 heteroatoms. The highest BCUT2D eigenvalue weighted by Crippen LogP contribution is 2.33. The molecule has 1 aromatic rings. The number of hydrogen-bond donors (Lipinski definition) is 1. The Morgan fingerprint density at radius 3 is 2.21 bits per heavy atom. The van der Waals surface area contributed by atoms with E-state index in [9.17, 15) is 17.6 Å². The predicted octanol–water partition coefficient (Wildman–Crippen LogP) is 3.97. The van der Waals surface area contributed by atoms with E-state index in [-0.39, 0.29) is 11.2 Å². The molecule has 0 aliphatic rings. The Hall–Kier alpha value is -1.30. The minimum Gasteiger partial charge on any atom is -0.428 e. The Bertz CT molecular complexity index is 429.